The first-order valence-corrected chi connectivity index (χ1v) is 9.86. The predicted molar refractivity (Wildman–Crippen MR) is 91.7 cm³/mol. The van der Waals surface area contributed by atoms with E-state index in [9.17, 15) is 4.79 Å². The van der Waals surface area contributed by atoms with Crippen LogP contribution in [0.4, 0.5) is 0 Å². The van der Waals surface area contributed by atoms with Gasteiger partial charge < -0.3 is 10.1 Å². The van der Waals surface area contributed by atoms with Crippen LogP contribution >= 0.6 is 11.8 Å². The number of aromatic nitrogens is 4. The van der Waals surface area contributed by atoms with Crippen LogP contribution in [-0.2, 0) is 16.1 Å². The maximum atomic E-state index is 12.5. The van der Waals surface area contributed by atoms with Gasteiger partial charge in [-0.1, -0.05) is 31.5 Å². The van der Waals surface area contributed by atoms with Gasteiger partial charge in [0.2, 0.25) is 11.1 Å². The zero-order chi connectivity index (χ0) is 16.9. The average Bonchev–Trinajstić information content (AvgIpc) is 3.22. The summed E-state index contributed by atoms with van der Waals surface area (Å²) in [7, 11) is 0. The number of tetrazole rings is 1. The smallest absolute Gasteiger partial charge is 0.233 e. The third-order valence-corrected chi connectivity index (χ3v) is 6.06. The monoisotopic (exact) mass is 353 g/mol. The highest BCUT2D eigenvalue weighted by Gasteiger charge is 2.26. The summed E-state index contributed by atoms with van der Waals surface area (Å²) < 4.78 is 7.40. The van der Waals surface area contributed by atoms with Crippen molar-refractivity contribution in [2.24, 2.45) is 5.92 Å². The van der Waals surface area contributed by atoms with Crippen LogP contribution in [0, 0.1) is 5.92 Å². The van der Waals surface area contributed by atoms with Gasteiger partial charge in [0, 0.05) is 12.6 Å². The minimum atomic E-state index is -0.214. The second kappa shape index (κ2) is 8.29. The molecule has 2 fully saturated rings. The highest BCUT2D eigenvalue weighted by atomic mass is 32.2. The molecular weight excluding hydrogens is 326 g/mol. The summed E-state index contributed by atoms with van der Waals surface area (Å²) in [6.07, 6.45) is 7.08. The fourth-order valence-corrected chi connectivity index (χ4v) is 4.23. The first-order chi connectivity index (χ1) is 11.6. The molecule has 0 spiro atoms. The molecule has 0 aromatic carbocycles. The Labute approximate surface area is 147 Å². The molecule has 1 saturated carbocycles. The zero-order valence-corrected chi connectivity index (χ0v) is 15.3. The van der Waals surface area contributed by atoms with Gasteiger partial charge in [-0.05, 0) is 49.0 Å². The molecule has 2 heterocycles. The summed E-state index contributed by atoms with van der Waals surface area (Å²) in [5, 5.41) is 15.6. The van der Waals surface area contributed by atoms with E-state index in [0.29, 0.717) is 23.7 Å². The molecule has 0 radical (unpaired) electrons. The summed E-state index contributed by atoms with van der Waals surface area (Å²) >= 11 is 1.42. The number of thioether (sulfide) groups is 1. The van der Waals surface area contributed by atoms with Crippen molar-refractivity contribution in [2.45, 2.75) is 81.5 Å². The van der Waals surface area contributed by atoms with Gasteiger partial charge in [0.25, 0.3) is 0 Å². The summed E-state index contributed by atoms with van der Waals surface area (Å²) in [4.78, 5) is 12.5. The van der Waals surface area contributed by atoms with Gasteiger partial charge in [0.05, 0.1) is 17.9 Å². The number of ether oxygens (including phenoxy) is 1. The SMILES string of the molecule is CC(Sc1nnnn1CC1CCCO1)C(=O)NC1CCCCC1C. The molecule has 1 N–H and O–H groups in total. The Bertz CT molecular complexity index is 546. The topological polar surface area (TPSA) is 81.9 Å². The number of hydrogen-bond donors (Lipinski definition) is 1. The first kappa shape index (κ1) is 17.7. The van der Waals surface area contributed by atoms with Crippen LogP contribution in [0.3, 0.4) is 0 Å². The maximum absolute atomic E-state index is 12.5. The lowest BCUT2D eigenvalue weighted by Crippen LogP contribution is -2.44. The quantitative estimate of drug-likeness (QED) is 0.788. The number of carbonyl (C=O) groups is 1. The number of nitrogens with zero attached hydrogens (tertiary/aromatic N) is 4. The number of hydrogen-bond acceptors (Lipinski definition) is 6. The largest absolute Gasteiger partial charge is 0.376 e. The second-order valence-corrected chi connectivity index (χ2v) is 8.22. The number of rotatable bonds is 6. The minimum absolute atomic E-state index is 0.0745. The summed E-state index contributed by atoms with van der Waals surface area (Å²) in [6.45, 7) is 5.61. The average molecular weight is 353 g/mol. The van der Waals surface area contributed by atoms with Gasteiger partial charge in [-0.3, -0.25) is 4.79 Å². The standard InChI is InChI=1S/C16H27N5O2S/c1-11-6-3-4-8-14(11)17-15(22)12(2)24-16-18-19-20-21(16)10-13-7-5-9-23-13/h11-14H,3-10H2,1-2H3,(H,17,22). The number of carbonyl (C=O) groups excluding carboxylic acids is 1. The molecule has 3 rings (SSSR count). The number of nitrogens with one attached hydrogen (secondary N) is 1. The Morgan fingerprint density at radius 3 is 2.96 bits per heavy atom. The first-order valence-electron chi connectivity index (χ1n) is 8.98. The van der Waals surface area contributed by atoms with Gasteiger partial charge in [-0.25, -0.2) is 4.68 Å². The number of amides is 1. The van der Waals surface area contributed by atoms with Crippen molar-refractivity contribution in [3.05, 3.63) is 0 Å². The van der Waals surface area contributed by atoms with Crippen molar-refractivity contribution in [1.82, 2.24) is 25.5 Å². The van der Waals surface area contributed by atoms with Crippen LogP contribution < -0.4 is 5.32 Å². The highest BCUT2D eigenvalue weighted by molar-refractivity contribution is 8.00. The van der Waals surface area contributed by atoms with Gasteiger partial charge in [0.15, 0.2) is 0 Å². The van der Waals surface area contributed by atoms with E-state index in [1.165, 1.54) is 31.0 Å². The summed E-state index contributed by atoms with van der Waals surface area (Å²) in [6, 6.07) is 0.303. The molecule has 134 valence electrons. The Kier molecular flexibility index (Phi) is 6.10. The third kappa shape index (κ3) is 4.47. The molecule has 7 nitrogen and oxygen atoms in total. The lowest BCUT2D eigenvalue weighted by Gasteiger charge is -2.30. The maximum Gasteiger partial charge on any atom is 0.233 e. The van der Waals surface area contributed by atoms with Crippen molar-refractivity contribution in [3.63, 3.8) is 0 Å². The van der Waals surface area contributed by atoms with Crippen LogP contribution in [0.2, 0.25) is 0 Å². The van der Waals surface area contributed by atoms with E-state index in [1.54, 1.807) is 4.68 Å². The summed E-state index contributed by atoms with van der Waals surface area (Å²) in [5.74, 6) is 0.634. The van der Waals surface area contributed by atoms with E-state index in [-0.39, 0.29) is 17.3 Å². The lowest BCUT2D eigenvalue weighted by atomic mass is 9.86. The molecule has 2 aliphatic rings. The molecular formula is C16H27N5O2S. The summed E-state index contributed by atoms with van der Waals surface area (Å²) in [5.41, 5.74) is 0. The van der Waals surface area contributed by atoms with E-state index in [0.717, 1.165) is 25.9 Å². The molecule has 1 amide bonds. The highest BCUT2D eigenvalue weighted by Crippen LogP contribution is 2.26. The van der Waals surface area contributed by atoms with Crippen molar-refractivity contribution < 1.29 is 9.53 Å². The van der Waals surface area contributed by atoms with E-state index >= 15 is 0 Å². The zero-order valence-electron chi connectivity index (χ0n) is 14.5. The molecule has 4 atom stereocenters. The molecule has 1 aliphatic carbocycles. The van der Waals surface area contributed by atoms with Crippen LogP contribution in [0.25, 0.3) is 0 Å². The predicted octanol–water partition coefficient (Wildman–Crippen LogP) is 2.03. The van der Waals surface area contributed by atoms with Gasteiger partial charge >= 0.3 is 0 Å². The Morgan fingerprint density at radius 2 is 2.21 bits per heavy atom. The van der Waals surface area contributed by atoms with Crippen LogP contribution in [0.1, 0.15) is 52.4 Å². The van der Waals surface area contributed by atoms with Crippen molar-refractivity contribution in [1.29, 1.82) is 0 Å². The van der Waals surface area contributed by atoms with E-state index in [4.69, 9.17) is 4.74 Å². The fraction of sp³-hybridized carbons (Fsp3) is 0.875. The second-order valence-electron chi connectivity index (χ2n) is 6.92. The van der Waals surface area contributed by atoms with Crippen LogP contribution in [0.5, 0.6) is 0 Å². The van der Waals surface area contributed by atoms with E-state index in [1.807, 2.05) is 6.92 Å². The Balaban J connectivity index is 1.53. The Morgan fingerprint density at radius 1 is 1.38 bits per heavy atom. The normalized spacial score (nSPS) is 28.7. The van der Waals surface area contributed by atoms with Gasteiger partial charge in [0.1, 0.15) is 0 Å². The van der Waals surface area contributed by atoms with Crippen LogP contribution in [-0.4, -0.2) is 50.1 Å². The molecule has 1 saturated heterocycles. The molecule has 1 aromatic heterocycles. The van der Waals surface area contributed by atoms with E-state index < -0.39 is 0 Å². The molecule has 24 heavy (non-hydrogen) atoms. The molecule has 4 unspecified atom stereocenters. The van der Waals surface area contributed by atoms with Gasteiger partial charge in [-0.15, -0.1) is 5.10 Å². The molecule has 1 aromatic rings. The lowest BCUT2D eigenvalue weighted by molar-refractivity contribution is -0.121. The molecule has 1 aliphatic heterocycles. The third-order valence-electron chi connectivity index (χ3n) is 4.99. The molecule has 0 bridgehead atoms. The van der Waals surface area contributed by atoms with Crippen molar-refractivity contribution in [3.8, 4) is 0 Å². The fourth-order valence-electron chi connectivity index (χ4n) is 3.42. The Hall–Kier alpha value is -1.15. The molecule has 8 heteroatoms. The minimum Gasteiger partial charge on any atom is -0.376 e. The van der Waals surface area contributed by atoms with Crippen molar-refractivity contribution >= 4 is 17.7 Å². The van der Waals surface area contributed by atoms with Crippen LogP contribution in [0.15, 0.2) is 5.16 Å². The van der Waals surface area contributed by atoms with E-state index in [2.05, 4.69) is 27.8 Å². The van der Waals surface area contributed by atoms with Crippen molar-refractivity contribution in [2.75, 3.05) is 6.61 Å². The van der Waals surface area contributed by atoms with Gasteiger partial charge in [-0.2, -0.15) is 0 Å².